The van der Waals surface area contributed by atoms with E-state index in [-0.39, 0.29) is 12.6 Å². The quantitative estimate of drug-likeness (QED) is 0.265. The third-order valence-electron chi connectivity index (χ3n) is 6.78. The molecule has 3 aromatic rings. The molecule has 2 aromatic heterocycles. The van der Waals surface area contributed by atoms with Gasteiger partial charge in [-0.25, -0.2) is 0 Å². The third kappa shape index (κ3) is 6.88. The number of hydrogen-bond donors (Lipinski definition) is 2. The van der Waals surface area contributed by atoms with Crippen LogP contribution in [0.3, 0.4) is 0 Å². The molecule has 1 fully saturated rings. The number of pyridine rings is 1. The molecule has 0 bridgehead atoms. The van der Waals surface area contributed by atoms with E-state index in [1.54, 1.807) is 31.1 Å². The van der Waals surface area contributed by atoms with E-state index in [0.29, 0.717) is 28.4 Å². The van der Waals surface area contributed by atoms with Crippen molar-refractivity contribution in [2.45, 2.75) is 56.4 Å². The number of benzene rings is 1. The van der Waals surface area contributed by atoms with Gasteiger partial charge in [-0.2, -0.15) is 13.2 Å². The van der Waals surface area contributed by atoms with Gasteiger partial charge in [0.2, 0.25) is 0 Å². The second kappa shape index (κ2) is 12.2. The zero-order valence-corrected chi connectivity index (χ0v) is 23.0. The van der Waals surface area contributed by atoms with Crippen LogP contribution in [0.5, 0.6) is 5.75 Å². The molecule has 0 amide bonds. The van der Waals surface area contributed by atoms with Gasteiger partial charge >= 0.3 is 6.18 Å². The van der Waals surface area contributed by atoms with E-state index >= 15 is 0 Å². The van der Waals surface area contributed by atoms with Gasteiger partial charge in [0, 0.05) is 35.5 Å². The number of piperidine rings is 1. The van der Waals surface area contributed by atoms with Gasteiger partial charge in [0.05, 0.1) is 48.6 Å². The smallest absolute Gasteiger partial charge is 0.406 e. The predicted molar refractivity (Wildman–Crippen MR) is 149 cm³/mol. The standard InChI is InChI=1S/C28H34F3N5OS/c1-19(2)35-12-9-20(10-13-35)34-25-16-32-17-26-23(25)14-21(36(26)18-28(29,30)31)6-5-11-33-24-8-7-22(38-4)15-27(24)37-3/h7-8,14-17,19-20,33-34H,9-13,18H2,1-4H3. The minimum atomic E-state index is -4.39. The lowest BCUT2D eigenvalue weighted by Crippen LogP contribution is -2.42. The van der Waals surface area contributed by atoms with Crippen molar-refractivity contribution in [1.82, 2.24) is 14.5 Å². The number of halogens is 3. The molecule has 1 aliphatic rings. The van der Waals surface area contributed by atoms with Crippen molar-refractivity contribution in [3.63, 3.8) is 0 Å². The number of thioether (sulfide) groups is 1. The molecular formula is C28H34F3N5OS. The van der Waals surface area contributed by atoms with Gasteiger partial charge in [0.25, 0.3) is 0 Å². The van der Waals surface area contributed by atoms with E-state index < -0.39 is 12.7 Å². The summed E-state index contributed by atoms with van der Waals surface area (Å²) in [5, 5.41) is 7.43. The first kappa shape index (κ1) is 28.0. The lowest BCUT2D eigenvalue weighted by atomic mass is 10.0. The molecule has 0 atom stereocenters. The number of rotatable bonds is 8. The number of likely N-dealkylation sites (tertiary alicyclic amines) is 1. The van der Waals surface area contributed by atoms with E-state index in [0.717, 1.165) is 42.2 Å². The molecule has 3 heterocycles. The molecule has 1 saturated heterocycles. The van der Waals surface area contributed by atoms with Gasteiger partial charge in [0.1, 0.15) is 12.3 Å². The summed E-state index contributed by atoms with van der Waals surface area (Å²) >= 11 is 1.61. The van der Waals surface area contributed by atoms with Gasteiger partial charge in [-0.3, -0.25) is 4.98 Å². The molecule has 38 heavy (non-hydrogen) atoms. The molecular weight excluding hydrogens is 511 g/mol. The van der Waals surface area contributed by atoms with Gasteiger partial charge in [0.15, 0.2) is 0 Å². The fourth-order valence-corrected chi connectivity index (χ4v) is 5.17. The Bertz CT molecular complexity index is 1300. The van der Waals surface area contributed by atoms with Crippen molar-refractivity contribution in [2.75, 3.05) is 43.6 Å². The monoisotopic (exact) mass is 545 g/mol. The maximum Gasteiger partial charge on any atom is 0.406 e. The Morgan fingerprint density at radius 2 is 1.92 bits per heavy atom. The maximum absolute atomic E-state index is 13.5. The highest BCUT2D eigenvalue weighted by Gasteiger charge is 2.30. The molecule has 0 unspecified atom stereocenters. The van der Waals surface area contributed by atoms with Crippen molar-refractivity contribution >= 4 is 34.0 Å². The summed E-state index contributed by atoms with van der Waals surface area (Å²) in [6.45, 7) is 5.48. The molecule has 2 N–H and O–H groups in total. The Balaban J connectivity index is 1.56. The molecule has 1 aromatic carbocycles. The van der Waals surface area contributed by atoms with E-state index in [2.05, 4.69) is 46.2 Å². The van der Waals surface area contributed by atoms with E-state index in [1.165, 1.54) is 10.8 Å². The van der Waals surface area contributed by atoms with Crippen LogP contribution in [0.25, 0.3) is 10.9 Å². The Morgan fingerprint density at radius 1 is 1.16 bits per heavy atom. The minimum Gasteiger partial charge on any atom is -0.495 e. The van der Waals surface area contributed by atoms with Crippen LogP contribution < -0.4 is 15.4 Å². The van der Waals surface area contributed by atoms with Crippen LogP contribution in [-0.2, 0) is 6.54 Å². The number of fused-ring (bicyclic) bond motifs is 1. The average molecular weight is 546 g/mol. The summed E-state index contributed by atoms with van der Waals surface area (Å²) in [7, 11) is 1.60. The number of anilines is 2. The summed E-state index contributed by atoms with van der Waals surface area (Å²) in [5.41, 5.74) is 2.23. The highest BCUT2D eigenvalue weighted by atomic mass is 32.2. The summed E-state index contributed by atoms with van der Waals surface area (Å²) in [4.78, 5) is 7.76. The van der Waals surface area contributed by atoms with E-state index in [4.69, 9.17) is 4.74 Å². The van der Waals surface area contributed by atoms with Crippen molar-refractivity contribution in [3.05, 3.63) is 42.4 Å². The number of aromatic nitrogens is 2. The highest BCUT2D eigenvalue weighted by molar-refractivity contribution is 7.98. The summed E-state index contributed by atoms with van der Waals surface area (Å²) in [5.74, 6) is 6.61. The van der Waals surface area contributed by atoms with Crippen molar-refractivity contribution in [3.8, 4) is 17.6 Å². The van der Waals surface area contributed by atoms with Crippen LogP contribution in [0.2, 0.25) is 0 Å². The normalized spacial score (nSPS) is 14.9. The Kier molecular flexibility index (Phi) is 9.00. The van der Waals surface area contributed by atoms with Crippen LogP contribution in [-0.4, -0.2) is 65.7 Å². The molecule has 0 radical (unpaired) electrons. The number of hydrogen-bond acceptors (Lipinski definition) is 6. The van der Waals surface area contributed by atoms with Crippen LogP contribution in [0.1, 0.15) is 32.4 Å². The summed E-state index contributed by atoms with van der Waals surface area (Å²) < 4.78 is 47.2. The fraction of sp³-hybridized carbons (Fsp3) is 0.464. The number of nitrogens with one attached hydrogen (secondary N) is 2. The zero-order valence-electron chi connectivity index (χ0n) is 22.2. The molecule has 4 rings (SSSR count). The van der Waals surface area contributed by atoms with E-state index in [1.807, 2.05) is 24.5 Å². The molecule has 1 aliphatic heterocycles. The number of alkyl halides is 3. The molecule has 0 saturated carbocycles. The molecule has 6 nitrogen and oxygen atoms in total. The average Bonchev–Trinajstić information content (AvgIpc) is 3.23. The van der Waals surface area contributed by atoms with Crippen LogP contribution in [0.4, 0.5) is 24.5 Å². The van der Waals surface area contributed by atoms with Gasteiger partial charge < -0.3 is 24.8 Å². The fourth-order valence-electron chi connectivity index (χ4n) is 4.74. The first-order valence-corrected chi connectivity index (χ1v) is 13.9. The Labute approximate surface area is 226 Å². The lowest BCUT2D eigenvalue weighted by Gasteiger charge is -2.35. The lowest BCUT2D eigenvalue weighted by molar-refractivity contribution is -0.140. The minimum absolute atomic E-state index is 0.245. The number of nitrogens with zero attached hydrogens (tertiary/aromatic N) is 3. The maximum atomic E-state index is 13.5. The molecule has 10 heteroatoms. The van der Waals surface area contributed by atoms with Crippen LogP contribution >= 0.6 is 11.8 Å². The SMILES string of the molecule is COc1cc(SC)ccc1NCC#Cc1cc2c(NC3CCN(C(C)C)CC3)cncc2n1CC(F)(F)F. The van der Waals surface area contributed by atoms with Crippen molar-refractivity contribution in [1.29, 1.82) is 0 Å². The largest absolute Gasteiger partial charge is 0.495 e. The van der Waals surface area contributed by atoms with Gasteiger partial charge in [-0.05, 0) is 63.1 Å². The second-order valence-corrected chi connectivity index (χ2v) is 10.5. The second-order valence-electron chi connectivity index (χ2n) is 9.62. The third-order valence-corrected chi connectivity index (χ3v) is 7.50. The van der Waals surface area contributed by atoms with Crippen LogP contribution in [0, 0.1) is 11.8 Å². The number of methoxy groups -OCH3 is 1. The predicted octanol–water partition coefficient (Wildman–Crippen LogP) is 6.08. The molecule has 0 spiro atoms. The molecule has 0 aliphatic carbocycles. The van der Waals surface area contributed by atoms with Gasteiger partial charge in [-0.1, -0.05) is 5.92 Å². The van der Waals surface area contributed by atoms with Crippen molar-refractivity contribution < 1.29 is 17.9 Å². The molecule has 204 valence electrons. The number of ether oxygens (including phenoxy) is 1. The van der Waals surface area contributed by atoms with Crippen LogP contribution in [0.15, 0.2) is 41.6 Å². The highest BCUT2D eigenvalue weighted by Crippen LogP contribution is 2.31. The summed E-state index contributed by atoms with van der Waals surface area (Å²) in [6, 6.07) is 8.28. The topological polar surface area (TPSA) is 54.4 Å². The van der Waals surface area contributed by atoms with Gasteiger partial charge in [-0.15, -0.1) is 11.8 Å². The Morgan fingerprint density at radius 3 is 2.58 bits per heavy atom. The first-order chi connectivity index (χ1) is 18.2. The van der Waals surface area contributed by atoms with Crippen molar-refractivity contribution in [2.24, 2.45) is 0 Å². The first-order valence-electron chi connectivity index (χ1n) is 12.7. The summed E-state index contributed by atoms with van der Waals surface area (Å²) in [6.07, 6.45) is 2.71. The Hall–Kier alpha value is -3.03. The zero-order chi connectivity index (χ0) is 27.3. The van der Waals surface area contributed by atoms with E-state index in [9.17, 15) is 13.2 Å².